The van der Waals surface area contributed by atoms with Gasteiger partial charge in [-0.3, -0.25) is 9.48 Å². The van der Waals surface area contributed by atoms with Gasteiger partial charge in [0.15, 0.2) is 0 Å². The first-order chi connectivity index (χ1) is 9.52. The van der Waals surface area contributed by atoms with Crippen molar-refractivity contribution in [3.8, 4) is 0 Å². The van der Waals surface area contributed by atoms with Crippen molar-refractivity contribution in [2.75, 3.05) is 12.3 Å². The summed E-state index contributed by atoms with van der Waals surface area (Å²) in [6, 6.07) is 4.06. The topological polar surface area (TPSA) is 72.9 Å². The summed E-state index contributed by atoms with van der Waals surface area (Å²) in [5.41, 5.74) is 7.53. The standard InChI is InChI=1S/C13H17BrN4OS/c1-3-18-12(11(15)8(2)17-18)13(19)16-7-6-9-4-5-10(14)20-9/h4-5H,3,6-7,15H2,1-2H3,(H,16,19). The largest absolute Gasteiger partial charge is 0.395 e. The van der Waals surface area contributed by atoms with Crippen molar-refractivity contribution in [2.45, 2.75) is 26.8 Å². The van der Waals surface area contributed by atoms with E-state index in [1.54, 1.807) is 22.9 Å². The fraction of sp³-hybridized carbons (Fsp3) is 0.385. The lowest BCUT2D eigenvalue weighted by Crippen LogP contribution is -2.28. The number of amides is 1. The number of hydrogen-bond acceptors (Lipinski definition) is 4. The quantitative estimate of drug-likeness (QED) is 0.864. The Balaban J connectivity index is 1.98. The molecule has 0 radical (unpaired) electrons. The van der Waals surface area contributed by atoms with Crippen LogP contribution in [0.3, 0.4) is 0 Å². The Kier molecular flexibility index (Phi) is 4.82. The molecule has 0 fully saturated rings. The van der Waals surface area contributed by atoms with Crippen molar-refractivity contribution in [1.82, 2.24) is 15.1 Å². The van der Waals surface area contributed by atoms with Crippen LogP contribution in [0.4, 0.5) is 5.69 Å². The summed E-state index contributed by atoms with van der Waals surface area (Å²) in [6.07, 6.45) is 0.807. The van der Waals surface area contributed by atoms with Gasteiger partial charge in [-0.15, -0.1) is 11.3 Å². The van der Waals surface area contributed by atoms with Gasteiger partial charge in [-0.2, -0.15) is 5.10 Å². The molecule has 0 unspecified atom stereocenters. The Bertz CT molecular complexity index is 620. The van der Waals surface area contributed by atoms with E-state index in [0.29, 0.717) is 30.2 Å². The molecule has 108 valence electrons. The Hall–Kier alpha value is -1.34. The van der Waals surface area contributed by atoms with Crippen molar-refractivity contribution in [2.24, 2.45) is 0 Å². The zero-order valence-electron chi connectivity index (χ0n) is 11.4. The van der Waals surface area contributed by atoms with Gasteiger partial charge in [-0.25, -0.2) is 0 Å². The first kappa shape index (κ1) is 15.1. The second kappa shape index (κ2) is 6.41. The van der Waals surface area contributed by atoms with Gasteiger partial charge >= 0.3 is 0 Å². The van der Waals surface area contributed by atoms with Crippen LogP contribution in [-0.4, -0.2) is 22.2 Å². The Morgan fingerprint density at radius 1 is 1.55 bits per heavy atom. The summed E-state index contributed by atoms with van der Waals surface area (Å²) >= 11 is 5.10. The summed E-state index contributed by atoms with van der Waals surface area (Å²) in [4.78, 5) is 13.4. The molecule has 2 heterocycles. The average molecular weight is 357 g/mol. The molecule has 7 heteroatoms. The van der Waals surface area contributed by atoms with Gasteiger partial charge in [0.2, 0.25) is 0 Å². The number of aryl methyl sites for hydroxylation is 2. The number of nitrogen functional groups attached to an aromatic ring is 1. The van der Waals surface area contributed by atoms with Crippen LogP contribution in [0.5, 0.6) is 0 Å². The molecular weight excluding hydrogens is 340 g/mol. The maximum atomic E-state index is 12.2. The van der Waals surface area contributed by atoms with E-state index in [4.69, 9.17) is 5.73 Å². The molecule has 0 aliphatic rings. The van der Waals surface area contributed by atoms with Crippen LogP contribution in [-0.2, 0) is 13.0 Å². The molecule has 0 spiro atoms. The van der Waals surface area contributed by atoms with Crippen LogP contribution in [0.1, 0.15) is 28.0 Å². The third-order valence-electron chi connectivity index (χ3n) is 2.97. The van der Waals surface area contributed by atoms with Crippen LogP contribution in [0.25, 0.3) is 0 Å². The number of halogens is 1. The zero-order chi connectivity index (χ0) is 14.7. The van der Waals surface area contributed by atoms with E-state index in [2.05, 4.69) is 32.4 Å². The number of nitrogens with two attached hydrogens (primary N) is 1. The molecule has 0 saturated heterocycles. The van der Waals surface area contributed by atoms with Crippen LogP contribution >= 0.6 is 27.3 Å². The van der Waals surface area contributed by atoms with Crippen molar-refractivity contribution in [1.29, 1.82) is 0 Å². The fourth-order valence-corrected chi connectivity index (χ4v) is 3.42. The minimum Gasteiger partial charge on any atom is -0.395 e. The lowest BCUT2D eigenvalue weighted by molar-refractivity contribution is 0.0944. The normalized spacial score (nSPS) is 10.8. The predicted octanol–water partition coefficient (Wildman–Crippen LogP) is 2.59. The number of thiophene rings is 1. The first-order valence-electron chi connectivity index (χ1n) is 6.38. The molecule has 0 aliphatic carbocycles. The molecule has 20 heavy (non-hydrogen) atoms. The fourth-order valence-electron chi connectivity index (χ4n) is 1.93. The maximum absolute atomic E-state index is 12.2. The summed E-state index contributed by atoms with van der Waals surface area (Å²) in [5, 5.41) is 7.14. The van der Waals surface area contributed by atoms with Crippen molar-refractivity contribution in [3.63, 3.8) is 0 Å². The summed E-state index contributed by atoms with van der Waals surface area (Å²) in [5.74, 6) is -0.166. The van der Waals surface area contributed by atoms with E-state index >= 15 is 0 Å². The third-order valence-corrected chi connectivity index (χ3v) is 4.66. The molecule has 2 aromatic rings. The second-order valence-electron chi connectivity index (χ2n) is 4.38. The molecule has 2 rings (SSSR count). The maximum Gasteiger partial charge on any atom is 0.271 e. The van der Waals surface area contributed by atoms with E-state index in [1.807, 2.05) is 13.0 Å². The highest BCUT2D eigenvalue weighted by atomic mass is 79.9. The number of rotatable bonds is 5. The van der Waals surface area contributed by atoms with Gasteiger partial charge in [0.25, 0.3) is 5.91 Å². The number of nitrogens with zero attached hydrogens (tertiary/aromatic N) is 2. The molecule has 0 atom stereocenters. The third kappa shape index (κ3) is 3.21. The molecule has 0 saturated carbocycles. The van der Waals surface area contributed by atoms with Gasteiger partial charge in [0, 0.05) is 18.0 Å². The molecular formula is C13H17BrN4OS. The molecule has 1 amide bonds. The zero-order valence-corrected chi connectivity index (χ0v) is 13.8. The molecule has 5 nitrogen and oxygen atoms in total. The smallest absolute Gasteiger partial charge is 0.271 e. The second-order valence-corrected chi connectivity index (χ2v) is 6.92. The molecule has 3 N–H and O–H groups in total. The van der Waals surface area contributed by atoms with Crippen molar-refractivity contribution >= 4 is 38.9 Å². The highest BCUT2D eigenvalue weighted by Crippen LogP contribution is 2.22. The summed E-state index contributed by atoms with van der Waals surface area (Å²) in [6.45, 7) is 4.95. The molecule has 0 aromatic carbocycles. The number of carbonyl (C=O) groups excluding carboxylic acids is 1. The van der Waals surface area contributed by atoms with E-state index in [-0.39, 0.29) is 5.91 Å². The number of anilines is 1. The van der Waals surface area contributed by atoms with Gasteiger partial charge in [0.05, 0.1) is 15.2 Å². The lowest BCUT2D eigenvalue weighted by atomic mass is 10.2. The average Bonchev–Trinajstić information content (AvgIpc) is 2.94. The number of hydrogen-bond donors (Lipinski definition) is 2. The van der Waals surface area contributed by atoms with E-state index in [1.165, 1.54) is 4.88 Å². The Morgan fingerprint density at radius 3 is 2.90 bits per heavy atom. The van der Waals surface area contributed by atoms with E-state index in [0.717, 1.165) is 10.2 Å². The van der Waals surface area contributed by atoms with E-state index < -0.39 is 0 Å². The Morgan fingerprint density at radius 2 is 2.30 bits per heavy atom. The highest BCUT2D eigenvalue weighted by Gasteiger charge is 2.18. The van der Waals surface area contributed by atoms with Crippen LogP contribution < -0.4 is 11.1 Å². The van der Waals surface area contributed by atoms with Crippen LogP contribution in [0.15, 0.2) is 15.9 Å². The monoisotopic (exact) mass is 356 g/mol. The molecule has 0 bridgehead atoms. The van der Waals surface area contributed by atoms with Crippen LogP contribution in [0.2, 0.25) is 0 Å². The molecule has 2 aromatic heterocycles. The minimum absolute atomic E-state index is 0.166. The van der Waals surface area contributed by atoms with E-state index in [9.17, 15) is 4.79 Å². The first-order valence-corrected chi connectivity index (χ1v) is 7.99. The number of aromatic nitrogens is 2. The van der Waals surface area contributed by atoms with Gasteiger partial charge in [-0.1, -0.05) is 0 Å². The van der Waals surface area contributed by atoms with Crippen LogP contribution in [0, 0.1) is 6.92 Å². The molecule has 0 aliphatic heterocycles. The highest BCUT2D eigenvalue weighted by molar-refractivity contribution is 9.11. The lowest BCUT2D eigenvalue weighted by Gasteiger charge is -2.07. The van der Waals surface area contributed by atoms with Crippen molar-refractivity contribution in [3.05, 3.63) is 32.2 Å². The van der Waals surface area contributed by atoms with Crippen molar-refractivity contribution < 1.29 is 4.79 Å². The summed E-state index contributed by atoms with van der Waals surface area (Å²) in [7, 11) is 0. The summed E-state index contributed by atoms with van der Waals surface area (Å²) < 4.78 is 2.74. The van der Waals surface area contributed by atoms with Gasteiger partial charge < -0.3 is 11.1 Å². The Labute approximate surface area is 130 Å². The number of nitrogens with one attached hydrogen (secondary N) is 1. The minimum atomic E-state index is -0.166. The van der Waals surface area contributed by atoms with Gasteiger partial charge in [0.1, 0.15) is 5.69 Å². The SMILES string of the molecule is CCn1nc(C)c(N)c1C(=O)NCCc1ccc(Br)s1. The van der Waals surface area contributed by atoms with Gasteiger partial charge in [-0.05, 0) is 48.3 Å². The predicted molar refractivity (Wildman–Crippen MR) is 85.1 cm³/mol. The number of carbonyl (C=O) groups is 1.